The molecule has 7 N–H and O–H groups in total. The average Bonchev–Trinajstić information content (AvgIpc) is 3.15. The molecule has 54 heavy (non-hydrogen) atoms. The van der Waals surface area contributed by atoms with Crippen molar-refractivity contribution in [1.82, 2.24) is 31.0 Å². The molecule has 0 aliphatic carbocycles. The minimum atomic E-state index is -0.615. The number of hydrogen-bond donors (Lipinski definition) is 7. The Hall–Kier alpha value is -4.77. The van der Waals surface area contributed by atoms with Gasteiger partial charge >= 0.3 is 0 Å². The number of phenols is 2. The maximum absolute atomic E-state index is 13.3. The minimum absolute atomic E-state index is 0.000469. The Labute approximate surface area is 316 Å². The van der Waals surface area contributed by atoms with E-state index in [2.05, 4.69) is 16.0 Å². The smallest absolute Gasteiger partial charge is 0.254 e. The number of carbonyl (C=O) groups is 7. The van der Waals surface area contributed by atoms with Crippen LogP contribution in [-0.4, -0.2) is 123 Å². The molecule has 0 spiro atoms. The summed E-state index contributed by atoms with van der Waals surface area (Å²) < 4.78 is 0. The van der Waals surface area contributed by atoms with Crippen LogP contribution in [-0.2, 0) is 28.8 Å². The first kappa shape index (κ1) is 45.4. The van der Waals surface area contributed by atoms with Gasteiger partial charge in [-0.2, -0.15) is 0 Å². The predicted octanol–water partition coefficient (Wildman–Crippen LogP) is 2.54. The fraction of sp³-hybridized carbons (Fsp3) is 0.649. The number of nitrogens with zero attached hydrogens (tertiary/aromatic N) is 3. The average molecular weight is 763 g/mol. The first-order valence-corrected chi connectivity index (χ1v) is 19.0. The van der Waals surface area contributed by atoms with Crippen molar-refractivity contribution < 1.29 is 54.2 Å². The van der Waals surface area contributed by atoms with Gasteiger partial charge in [0.15, 0.2) is 17.3 Å². The van der Waals surface area contributed by atoms with Crippen LogP contribution >= 0.6 is 0 Å². The molecule has 6 amide bonds. The summed E-state index contributed by atoms with van der Waals surface area (Å²) >= 11 is 0. The van der Waals surface area contributed by atoms with Crippen LogP contribution in [0.5, 0.6) is 11.5 Å². The molecule has 17 nitrogen and oxygen atoms in total. The third-order valence-electron chi connectivity index (χ3n) is 8.88. The van der Waals surface area contributed by atoms with Crippen LogP contribution in [0.25, 0.3) is 0 Å². The minimum Gasteiger partial charge on any atom is -0.504 e. The molecule has 302 valence electrons. The Morgan fingerprint density at radius 3 is 1.43 bits per heavy atom. The molecule has 0 bridgehead atoms. The normalized spacial score (nSPS) is 19.8. The lowest BCUT2D eigenvalue weighted by atomic mass is 10.1. The van der Waals surface area contributed by atoms with Crippen LogP contribution in [0.2, 0.25) is 0 Å². The highest BCUT2D eigenvalue weighted by Crippen LogP contribution is 2.25. The van der Waals surface area contributed by atoms with Crippen molar-refractivity contribution in [3.05, 3.63) is 23.8 Å². The lowest BCUT2D eigenvalue weighted by molar-refractivity contribution is -0.166. The molecular formula is C37H58N6O11. The zero-order valence-electron chi connectivity index (χ0n) is 31.2. The molecule has 1 aromatic rings. The second-order valence-electron chi connectivity index (χ2n) is 13.4. The SMILES string of the molecule is O=C1CCC(=O)NCCCCCCNC(=O)CCC(=O)N(O)CCCCCCNC(=O)CCC(=O)N(O)CCCCCN(C(=O)c2ccc(O)c(O)c2)C1. The lowest BCUT2D eigenvalue weighted by Crippen LogP contribution is -2.37. The van der Waals surface area contributed by atoms with Gasteiger partial charge in [0.1, 0.15) is 0 Å². The van der Waals surface area contributed by atoms with Gasteiger partial charge in [0, 0.05) is 83.4 Å². The monoisotopic (exact) mass is 762 g/mol. The van der Waals surface area contributed by atoms with Crippen molar-refractivity contribution >= 4 is 41.2 Å². The highest BCUT2D eigenvalue weighted by Gasteiger charge is 2.21. The van der Waals surface area contributed by atoms with Crippen LogP contribution in [0.1, 0.15) is 120 Å². The van der Waals surface area contributed by atoms with Gasteiger partial charge in [-0.3, -0.25) is 44.0 Å². The van der Waals surface area contributed by atoms with E-state index in [0.29, 0.717) is 74.7 Å². The molecule has 1 fully saturated rings. The molecule has 1 aromatic carbocycles. The van der Waals surface area contributed by atoms with Crippen molar-refractivity contribution in [2.75, 3.05) is 45.8 Å². The van der Waals surface area contributed by atoms with Crippen LogP contribution in [0.15, 0.2) is 18.2 Å². The van der Waals surface area contributed by atoms with Gasteiger partial charge in [0.05, 0.1) is 6.54 Å². The highest BCUT2D eigenvalue weighted by atomic mass is 16.5. The Kier molecular flexibility index (Phi) is 21.9. The number of Topliss-reactive ketones (excluding diaryl/α,β-unsaturated/α-hetero) is 1. The topological polar surface area (TPSA) is 246 Å². The van der Waals surface area contributed by atoms with E-state index < -0.39 is 29.2 Å². The first-order chi connectivity index (χ1) is 25.9. The van der Waals surface area contributed by atoms with Gasteiger partial charge in [-0.25, -0.2) is 10.1 Å². The molecule has 2 rings (SSSR count). The summed E-state index contributed by atoms with van der Waals surface area (Å²) in [6, 6.07) is 3.59. The number of nitrogens with one attached hydrogen (secondary N) is 3. The molecular weight excluding hydrogens is 704 g/mol. The summed E-state index contributed by atoms with van der Waals surface area (Å²) in [4.78, 5) is 88.6. The summed E-state index contributed by atoms with van der Waals surface area (Å²) in [6.07, 6.45) is 6.36. The van der Waals surface area contributed by atoms with Crippen molar-refractivity contribution in [3.8, 4) is 11.5 Å². The molecule has 0 unspecified atom stereocenters. The third-order valence-corrected chi connectivity index (χ3v) is 8.88. The van der Waals surface area contributed by atoms with E-state index in [0.717, 1.165) is 31.7 Å². The lowest BCUT2D eigenvalue weighted by Gasteiger charge is -2.23. The van der Waals surface area contributed by atoms with E-state index in [9.17, 15) is 54.2 Å². The van der Waals surface area contributed by atoms with Crippen molar-refractivity contribution in [3.63, 3.8) is 0 Å². The molecule has 0 atom stereocenters. The van der Waals surface area contributed by atoms with E-state index in [1.54, 1.807) is 0 Å². The molecule has 0 aromatic heterocycles. The van der Waals surface area contributed by atoms with E-state index in [4.69, 9.17) is 0 Å². The Morgan fingerprint density at radius 1 is 0.519 bits per heavy atom. The zero-order chi connectivity index (χ0) is 39.7. The van der Waals surface area contributed by atoms with Crippen molar-refractivity contribution in [2.24, 2.45) is 0 Å². The van der Waals surface area contributed by atoms with Crippen LogP contribution < -0.4 is 16.0 Å². The van der Waals surface area contributed by atoms with E-state index in [-0.39, 0.29) is 93.8 Å². The fourth-order valence-electron chi connectivity index (χ4n) is 5.62. The number of carbonyl (C=O) groups excluding carboxylic acids is 7. The fourth-order valence-corrected chi connectivity index (χ4v) is 5.62. The third kappa shape index (κ3) is 19.3. The van der Waals surface area contributed by atoms with Gasteiger partial charge in [0.2, 0.25) is 29.5 Å². The Balaban J connectivity index is 1.93. The van der Waals surface area contributed by atoms with Gasteiger partial charge < -0.3 is 31.1 Å². The summed E-state index contributed by atoms with van der Waals surface area (Å²) in [6.45, 7) is 1.24. The number of hydroxylamine groups is 4. The Morgan fingerprint density at radius 2 is 0.944 bits per heavy atom. The number of phenolic OH excluding ortho intramolecular Hbond substituents is 2. The van der Waals surface area contributed by atoms with Crippen molar-refractivity contribution in [2.45, 2.75) is 109 Å². The molecule has 17 heteroatoms. The zero-order valence-corrected chi connectivity index (χ0v) is 31.2. The second-order valence-corrected chi connectivity index (χ2v) is 13.4. The number of amides is 6. The molecule has 1 aliphatic heterocycles. The van der Waals surface area contributed by atoms with Gasteiger partial charge in [-0.1, -0.05) is 25.7 Å². The summed E-state index contributed by atoms with van der Waals surface area (Å²) in [5.74, 6) is -3.86. The maximum Gasteiger partial charge on any atom is 0.254 e. The molecule has 1 aliphatic rings. The molecule has 1 saturated heterocycles. The second kappa shape index (κ2) is 26.1. The summed E-state index contributed by atoms with van der Waals surface area (Å²) in [5, 5.41) is 49.2. The quantitative estimate of drug-likeness (QED) is 0.162. The van der Waals surface area contributed by atoms with E-state index in [1.807, 2.05) is 0 Å². The predicted molar refractivity (Wildman–Crippen MR) is 195 cm³/mol. The van der Waals surface area contributed by atoms with E-state index >= 15 is 0 Å². The number of rotatable bonds is 1. The van der Waals surface area contributed by atoms with Gasteiger partial charge in [-0.05, 0) is 63.1 Å². The van der Waals surface area contributed by atoms with Crippen LogP contribution in [0, 0.1) is 0 Å². The molecule has 1 heterocycles. The standard InChI is InChI=1S/C37H58N6O11/c44-29-13-15-32(47)38-20-6-1-2-7-21-39-33(48)16-18-35(50)42(53)24-10-4-3-8-22-40-34(49)17-19-36(51)43(54)25-11-5-9-23-41(27-29)37(52)28-12-14-30(45)31(46)26-28/h12,14,26,45-46,53-54H,1-11,13,15-25,27H2,(H,38,47)(H,39,48)(H,40,49). The highest BCUT2D eigenvalue weighted by molar-refractivity contribution is 5.97. The summed E-state index contributed by atoms with van der Waals surface area (Å²) in [5.41, 5.74) is 0.0602. The number of ketones is 1. The van der Waals surface area contributed by atoms with Gasteiger partial charge in [-0.15, -0.1) is 0 Å². The number of hydrogen-bond acceptors (Lipinski definition) is 11. The number of aromatic hydroxyl groups is 2. The van der Waals surface area contributed by atoms with Gasteiger partial charge in [0.25, 0.3) is 5.91 Å². The first-order valence-electron chi connectivity index (χ1n) is 19.0. The largest absolute Gasteiger partial charge is 0.504 e. The van der Waals surface area contributed by atoms with Crippen LogP contribution in [0.3, 0.4) is 0 Å². The molecule has 0 saturated carbocycles. The number of benzene rings is 1. The van der Waals surface area contributed by atoms with E-state index in [1.165, 1.54) is 17.0 Å². The van der Waals surface area contributed by atoms with Crippen LogP contribution in [0.4, 0.5) is 0 Å². The summed E-state index contributed by atoms with van der Waals surface area (Å²) in [7, 11) is 0. The van der Waals surface area contributed by atoms with Crippen molar-refractivity contribution in [1.29, 1.82) is 0 Å². The molecule has 0 radical (unpaired) electrons. The Bertz CT molecular complexity index is 1390. The maximum atomic E-state index is 13.3.